The van der Waals surface area contributed by atoms with Crippen molar-refractivity contribution >= 4 is 33.2 Å². The molecule has 0 atom stereocenters. The van der Waals surface area contributed by atoms with Crippen molar-refractivity contribution in [2.75, 3.05) is 19.0 Å². The van der Waals surface area contributed by atoms with Gasteiger partial charge >= 0.3 is 0 Å². The quantitative estimate of drug-likeness (QED) is 0.821. The molecule has 2 aromatic rings. The number of benzene rings is 2. The van der Waals surface area contributed by atoms with Crippen LogP contribution in [0.5, 0.6) is 5.75 Å². The predicted octanol–water partition coefficient (Wildman–Crippen LogP) is 2.90. The minimum absolute atomic E-state index is 0.0435. The van der Waals surface area contributed by atoms with Gasteiger partial charge in [-0.25, -0.2) is 13.1 Å². The number of sulfonamides is 1. The molecule has 0 saturated carbocycles. The number of anilines is 1. The van der Waals surface area contributed by atoms with E-state index in [2.05, 4.69) is 10.0 Å². The molecule has 0 fully saturated rings. The zero-order valence-corrected chi connectivity index (χ0v) is 14.7. The Bertz CT molecular complexity index is 836. The smallest absolute Gasteiger partial charge is 0.255 e. The van der Waals surface area contributed by atoms with Crippen LogP contribution in [0.3, 0.4) is 0 Å². The number of halogens is 1. The Morgan fingerprint density at radius 3 is 2.42 bits per heavy atom. The summed E-state index contributed by atoms with van der Waals surface area (Å²) in [5.74, 6) is 0.257. The van der Waals surface area contributed by atoms with Crippen LogP contribution in [0, 0.1) is 0 Å². The second kappa shape index (κ2) is 7.65. The molecular weight excluding hydrogens is 352 g/mol. The van der Waals surface area contributed by atoms with Crippen molar-refractivity contribution in [3.8, 4) is 5.75 Å². The Morgan fingerprint density at radius 2 is 1.83 bits per heavy atom. The summed E-state index contributed by atoms with van der Waals surface area (Å²) in [7, 11) is -2.47. The lowest BCUT2D eigenvalue weighted by Crippen LogP contribution is -2.20. The van der Waals surface area contributed by atoms with Crippen molar-refractivity contribution in [2.24, 2.45) is 0 Å². The Morgan fingerprint density at radius 1 is 1.17 bits per heavy atom. The van der Waals surface area contributed by atoms with E-state index in [-0.39, 0.29) is 15.5 Å². The lowest BCUT2D eigenvalue weighted by Gasteiger charge is -2.09. The second-order valence-corrected chi connectivity index (χ2v) is 7.03. The molecule has 0 spiro atoms. The third-order valence-corrected chi connectivity index (χ3v) is 5.07. The average molecular weight is 369 g/mol. The van der Waals surface area contributed by atoms with Crippen LogP contribution >= 0.6 is 11.6 Å². The number of rotatable bonds is 6. The number of amides is 1. The van der Waals surface area contributed by atoms with Crippen LogP contribution < -0.4 is 14.8 Å². The van der Waals surface area contributed by atoms with E-state index < -0.39 is 15.9 Å². The Hall–Kier alpha value is -2.09. The van der Waals surface area contributed by atoms with Crippen molar-refractivity contribution in [1.82, 2.24) is 4.72 Å². The molecule has 0 aliphatic carbocycles. The molecule has 1 amide bonds. The number of hydrogen-bond acceptors (Lipinski definition) is 4. The number of nitrogens with one attached hydrogen (secondary N) is 2. The van der Waals surface area contributed by atoms with Crippen molar-refractivity contribution in [2.45, 2.75) is 11.8 Å². The average Bonchev–Trinajstić information content (AvgIpc) is 2.57. The van der Waals surface area contributed by atoms with Gasteiger partial charge in [0.15, 0.2) is 0 Å². The minimum atomic E-state index is -3.75. The van der Waals surface area contributed by atoms with Crippen LogP contribution in [0.1, 0.15) is 17.3 Å². The van der Waals surface area contributed by atoms with Gasteiger partial charge < -0.3 is 10.1 Å². The van der Waals surface area contributed by atoms with Gasteiger partial charge in [-0.1, -0.05) is 11.6 Å². The second-order valence-electron chi connectivity index (χ2n) is 4.76. The van der Waals surface area contributed by atoms with Gasteiger partial charge in [0.25, 0.3) is 5.91 Å². The van der Waals surface area contributed by atoms with Gasteiger partial charge in [-0.2, -0.15) is 0 Å². The molecule has 0 radical (unpaired) electrons. The van der Waals surface area contributed by atoms with E-state index in [0.29, 0.717) is 18.0 Å². The maximum Gasteiger partial charge on any atom is 0.255 e. The van der Waals surface area contributed by atoms with Gasteiger partial charge in [-0.15, -0.1) is 0 Å². The molecule has 0 unspecified atom stereocenters. The highest BCUT2D eigenvalue weighted by Crippen LogP contribution is 2.23. The van der Waals surface area contributed by atoms with E-state index in [4.69, 9.17) is 16.3 Å². The number of ether oxygens (including phenoxy) is 1. The molecule has 0 saturated heterocycles. The summed E-state index contributed by atoms with van der Waals surface area (Å²) in [6.45, 7) is 2.44. The third-order valence-electron chi connectivity index (χ3n) is 3.17. The van der Waals surface area contributed by atoms with E-state index in [1.165, 1.54) is 25.2 Å². The fourth-order valence-electron chi connectivity index (χ4n) is 1.96. The maximum absolute atomic E-state index is 12.3. The van der Waals surface area contributed by atoms with E-state index in [1.807, 2.05) is 6.92 Å². The standard InChI is InChI=1S/C16H17ClN2O4S/c1-3-23-13-7-5-12(6-8-13)19-16(20)11-4-9-14(17)15(10-11)24(21,22)18-2/h4-10,18H,3H2,1-2H3,(H,19,20). The van der Waals surface area contributed by atoms with Crippen LogP contribution in [0.4, 0.5) is 5.69 Å². The summed E-state index contributed by atoms with van der Waals surface area (Å²) in [5, 5.41) is 2.73. The molecule has 128 valence electrons. The van der Waals surface area contributed by atoms with Gasteiger partial charge in [-0.05, 0) is 56.4 Å². The number of carbonyl (C=O) groups is 1. The topological polar surface area (TPSA) is 84.5 Å². The van der Waals surface area contributed by atoms with Crippen LogP contribution in [0.25, 0.3) is 0 Å². The maximum atomic E-state index is 12.3. The van der Waals surface area contributed by atoms with E-state index in [9.17, 15) is 13.2 Å². The minimum Gasteiger partial charge on any atom is -0.494 e. The van der Waals surface area contributed by atoms with Crippen molar-refractivity contribution in [3.05, 3.63) is 53.1 Å². The molecule has 0 aromatic heterocycles. The van der Waals surface area contributed by atoms with E-state index >= 15 is 0 Å². The van der Waals surface area contributed by atoms with Gasteiger partial charge in [0.2, 0.25) is 10.0 Å². The Balaban J connectivity index is 2.22. The molecule has 6 nitrogen and oxygen atoms in total. The summed E-state index contributed by atoms with van der Waals surface area (Å²) in [4.78, 5) is 12.2. The SMILES string of the molecule is CCOc1ccc(NC(=O)c2ccc(Cl)c(S(=O)(=O)NC)c2)cc1. The first-order chi connectivity index (χ1) is 11.4. The van der Waals surface area contributed by atoms with Gasteiger partial charge in [-0.3, -0.25) is 4.79 Å². The molecule has 0 aliphatic heterocycles. The summed E-state index contributed by atoms with van der Waals surface area (Å²) in [5.41, 5.74) is 0.749. The zero-order valence-electron chi connectivity index (χ0n) is 13.2. The van der Waals surface area contributed by atoms with Crippen molar-refractivity contribution in [3.63, 3.8) is 0 Å². The Labute approximate surface area is 145 Å². The van der Waals surface area contributed by atoms with Gasteiger partial charge in [0.05, 0.1) is 11.6 Å². The molecule has 2 rings (SSSR count). The molecule has 0 bridgehead atoms. The van der Waals surface area contributed by atoms with Gasteiger partial charge in [0, 0.05) is 11.3 Å². The highest BCUT2D eigenvalue weighted by molar-refractivity contribution is 7.89. The summed E-state index contributed by atoms with van der Waals surface area (Å²) < 4.78 is 31.3. The molecule has 2 N–H and O–H groups in total. The first-order valence-electron chi connectivity index (χ1n) is 7.14. The largest absolute Gasteiger partial charge is 0.494 e. The lowest BCUT2D eigenvalue weighted by atomic mass is 10.2. The fourth-order valence-corrected chi connectivity index (χ4v) is 3.21. The van der Waals surface area contributed by atoms with Crippen LogP contribution in [0.15, 0.2) is 47.4 Å². The molecular formula is C16H17ClN2O4S. The lowest BCUT2D eigenvalue weighted by molar-refractivity contribution is 0.102. The highest BCUT2D eigenvalue weighted by Gasteiger charge is 2.18. The van der Waals surface area contributed by atoms with Crippen LogP contribution in [0.2, 0.25) is 5.02 Å². The molecule has 0 aliphatic rings. The highest BCUT2D eigenvalue weighted by atomic mass is 35.5. The first-order valence-corrected chi connectivity index (χ1v) is 9.01. The summed E-state index contributed by atoms with van der Waals surface area (Å²) >= 11 is 5.91. The normalized spacial score (nSPS) is 11.1. The van der Waals surface area contributed by atoms with Crippen LogP contribution in [-0.4, -0.2) is 28.0 Å². The van der Waals surface area contributed by atoms with Gasteiger partial charge in [0.1, 0.15) is 10.6 Å². The first kappa shape index (κ1) is 18.3. The fraction of sp³-hybridized carbons (Fsp3) is 0.188. The van der Waals surface area contributed by atoms with E-state index in [0.717, 1.165) is 0 Å². The molecule has 8 heteroatoms. The number of hydrogen-bond donors (Lipinski definition) is 2. The molecule has 0 heterocycles. The monoisotopic (exact) mass is 368 g/mol. The predicted molar refractivity (Wildman–Crippen MR) is 93.3 cm³/mol. The Kier molecular flexibility index (Phi) is 5.82. The van der Waals surface area contributed by atoms with E-state index in [1.54, 1.807) is 24.3 Å². The van der Waals surface area contributed by atoms with Crippen LogP contribution in [-0.2, 0) is 10.0 Å². The number of carbonyl (C=O) groups excluding carboxylic acids is 1. The van der Waals surface area contributed by atoms with Crippen molar-refractivity contribution in [1.29, 1.82) is 0 Å². The summed E-state index contributed by atoms with van der Waals surface area (Å²) in [6.07, 6.45) is 0. The molecule has 24 heavy (non-hydrogen) atoms. The van der Waals surface area contributed by atoms with Crippen molar-refractivity contribution < 1.29 is 17.9 Å². The third kappa shape index (κ3) is 4.25. The molecule has 2 aromatic carbocycles. The summed E-state index contributed by atoms with van der Waals surface area (Å²) in [6, 6.07) is 10.9. The zero-order chi connectivity index (χ0) is 17.7.